The molecule has 0 atom stereocenters. The molecule has 25 heavy (non-hydrogen) atoms. The normalized spacial score (nSPS) is 11.4. The molecule has 128 valence electrons. The van der Waals surface area contributed by atoms with Gasteiger partial charge in [0.15, 0.2) is 0 Å². The molecule has 0 radical (unpaired) electrons. The molecule has 0 fully saturated rings. The van der Waals surface area contributed by atoms with Gasteiger partial charge in [-0.3, -0.25) is 0 Å². The monoisotopic (exact) mass is 359 g/mol. The smallest absolute Gasteiger partial charge is 0.337 e. The quantitative estimate of drug-likeness (QED) is 0.773. The van der Waals surface area contributed by atoms with Crippen molar-refractivity contribution in [1.82, 2.24) is 3.97 Å². The summed E-state index contributed by atoms with van der Waals surface area (Å²) >= 11 is 0. The van der Waals surface area contributed by atoms with Crippen molar-refractivity contribution in [3.8, 4) is 11.3 Å². The molecule has 5 nitrogen and oxygen atoms in total. The van der Waals surface area contributed by atoms with Crippen LogP contribution in [0.1, 0.15) is 16.1 Å². The van der Waals surface area contributed by atoms with Crippen molar-refractivity contribution in [2.24, 2.45) is 0 Å². The number of rotatable bonds is 4. The van der Waals surface area contributed by atoms with E-state index in [0.29, 0.717) is 5.56 Å². The minimum Gasteiger partial charge on any atom is -0.478 e. The highest BCUT2D eigenvalue weighted by atomic mass is 32.2. The highest BCUT2D eigenvalue weighted by Crippen LogP contribution is 2.30. The maximum Gasteiger partial charge on any atom is 0.337 e. The zero-order chi connectivity index (χ0) is 18.2. The number of hydrogen-bond donors (Lipinski definition) is 1. The number of hydrogen-bond acceptors (Lipinski definition) is 3. The van der Waals surface area contributed by atoms with E-state index in [2.05, 4.69) is 0 Å². The first-order chi connectivity index (χ1) is 11.8. The summed E-state index contributed by atoms with van der Waals surface area (Å²) in [4.78, 5) is 11.5. The number of halogens is 1. The van der Waals surface area contributed by atoms with E-state index in [1.165, 1.54) is 49.4 Å². The van der Waals surface area contributed by atoms with E-state index in [-0.39, 0.29) is 21.8 Å². The van der Waals surface area contributed by atoms with E-state index in [9.17, 15) is 22.7 Å². The van der Waals surface area contributed by atoms with Crippen molar-refractivity contribution in [3.05, 3.63) is 77.7 Å². The highest BCUT2D eigenvalue weighted by molar-refractivity contribution is 7.90. The minimum atomic E-state index is -4.01. The molecule has 3 aromatic rings. The van der Waals surface area contributed by atoms with Gasteiger partial charge in [0.05, 0.1) is 16.2 Å². The molecule has 0 unspecified atom stereocenters. The lowest BCUT2D eigenvalue weighted by molar-refractivity contribution is 0.0696. The summed E-state index contributed by atoms with van der Waals surface area (Å²) in [6, 6.07) is 14.2. The van der Waals surface area contributed by atoms with Gasteiger partial charge in [-0.25, -0.2) is 21.6 Å². The van der Waals surface area contributed by atoms with Crippen molar-refractivity contribution < 1.29 is 22.7 Å². The van der Waals surface area contributed by atoms with Crippen LogP contribution in [0.25, 0.3) is 11.3 Å². The van der Waals surface area contributed by atoms with Gasteiger partial charge in [-0.2, -0.15) is 0 Å². The van der Waals surface area contributed by atoms with Crippen LogP contribution < -0.4 is 0 Å². The predicted octanol–water partition coefficient (Wildman–Crippen LogP) is 3.54. The summed E-state index contributed by atoms with van der Waals surface area (Å²) in [5, 5.41) is 9.36. The molecule has 2 aromatic carbocycles. The number of carbonyl (C=O) groups is 1. The van der Waals surface area contributed by atoms with E-state index in [4.69, 9.17) is 0 Å². The Balaban J connectivity index is 2.32. The van der Waals surface area contributed by atoms with E-state index in [1.54, 1.807) is 18.2 Å². The highest BCUT2D eigenvalue weighted by Gasteiger charge is 2.27. The number of aromatic nitrogens is 1. The molecule has 0 aliphatic carbocycles. The van der Waals surface area contributed by atoms with Gasteiger partial charge in [-0.05, 0) is 55.0 Å². The summed E-state index contributed by atoms with van der Waals surface area (Å²) in [6.07, 6.45) is 0. The average molecular weight is 359 g/mol. The molecule has 0 spiro atoms. The Morgan fingerprint density at radius 3 is 2.20 bits per heavy atom. The Kier molecular flexibility index (Phi) is 4.18. The molecule has 0 saturated carbocycles. The van der Waals surface area contributed by atoms with E-state index in [0.717, 1.165) is 3.97 Å². The van der Waals surface area contributed by atoms with Crippen molar-refractivity contribution in [3.63, 3.8) is 0 Å². The fraction of sp³-hybridized carbons (Fsp3) is 0.0556. The number of nitrogens with zero attached hydrogens (tertiary/aromatic N) is 1. The van der Waals surface area contributed by atoms with Gasteiger partial charge < -0.3 is 5.11 Å². The second kappa shape index (κ2) is 6.18. The standard InChI is InChI=1S/C18H14FNO4S/c1-12-16(18(21)22)11-17(13-7-9-14(19)10-8-13)20(12)25(23,24)15-5-3-2-4-6-15/h2-11H,1H3,(H,21,22). The summed E-state index contributed by atoms with van der Waals surface area (Å²) in [5.41, 5.74) is 0.518. The topological polar surface area (TPSA) is 76.4 Å². The van der Waals surface area contributed by atoms with Crippen LogP contribution in [0.15, 0.2) is 65.6 Å². The van der Waals surface area contributed by atoms with Crippen LogP contribution in [0.2, 0.25) is 0 Å². The van der Waals surface area contributed by atoms with Crippen molar-refractivity contribution in [2.45, 2.75) is 11.8 Å². The number of benzene rings is 2. The van der Waals surface area contributed by atoms with Gasteiger partial charge in [-0.1, -0.05) is 18.2 Å². The zero-order valence-electron chi connectivity index (χ0n) is 13.2. The first-order valence-corrected chi connectivity index (χ1v) is 8.78. The Morgan fingerprint density at radius 1 is 1.04 bits per heavy atom. The molecule has 1 N–H and O–H groups in total. The van der Waals surface area contributed by atoms with E-state index < -0.39 is 21.8 Å². The van der Waals surface area contributed by atoms with Crippen LogP contribution in [-0.2, 0) is 10.0 Å². The molecule has 0 aliphatic rings. The van der Waals surface area contributed by atoms with Gasteiger partial charge in [0.25, 0.3) is 10.0 Å². The molecule has 0 aliphatic heterocycles. The van der Waals surface area contributed by atoms with E-state index >= 15 is 0 Å². The molecular weight excluding hydrogens is 345 g/mol. The average Bonchev–Trinajstić information content (AvgIpc) is 2.94. The van der Waals surface area contributed by atoms with E-state index in [1.807, 2.05) is 0 Å². The summed E-state index contributed by atoms with van der Waals surface area (Å²) in [5.74, 6) is -1.70. The third-order valence-corrected chi connectivity index (χ3v) is 5.67. The first-order valence-electron chi connectivity index (χ1n) is 7.34. The van der Waals surface area contributed by atoms with Gasteiger partial charge in [-0.15, -0.1) is 0 Å². The summed E-state index contributed by atoms with van der Waals surface area (Å²) in [7, 11) is -4.01. The summed E-state index contributed by atoms with van der Waals surface area (Å²) in [6.45, 7) is 1.43. The minimum absolute atomic E-state index is 0.0361. The molecule has 7 heteroatoms. The second-order valence-corrected chi connectivity index (χ2v) is 7.21. The van der Waals surface area contributed by atoms with Gasteiger partial charge in [0.2, 0.25) is 0 Å². The lowest BCUT2D eigenvalue weighted by Crippen LogP contribution is -2.16. The maximum atomic E-state index is 13.2. The molecule has 0 amide bonds. The van der Waals surface area contributed by atoms with Crippen molar-refractivity contribution in [1.29, 1.82) is 0 Å². The Labute approximate surface area is 144 Å². The number of carboxylic acids is 1. The fourth-order valence-corrected chi connectivity index (χ4v) is 4.22. The lowest BCUT2D eigenvalue weighted by atomic mass is 10.1. The molecule has 0 bridgehead atoms. The van der Waals surface area contributed by atoms with Crippen molar-refractivity contribution >= 4 is 16.0 Å². The van der Waals surface area contributed by atoms with Crippen molar-refractivity contribution in [2.75, 3.05) is 0 Å². The van der Waals surface area contributed by atoms with Crippen LogP contribution in [0.5, 0.6) is 0 Å². The zero-order valence-corrected chi connectivity index (χ0v) is 14.0. The SMILES string of the molecule is Cc1c(C(=O)O)cc(-c2ccc(F)cc2)n1S(=O)(=O)c1ccccc1. The predicted molar refractivity (Wildman–Crippen MR) is 90.5 cm³/mol. The fourth-order valence-electron chi connectivity index (χ4n) is 2.64. The van der Waals surface area contributed by atoms with Crippen LogP contribution in [0.4, 0.5) is 4.39 Å². The Hall–Kier alpha value is -2.93. The summed E-state index contributed by atoms with van der Waals surface area (Å²) < 4.78 is 40.3. The second-order valence-electron chi connectivity index (χ2n) is 5.42. The third kappa shape index (κ3) is 2.94. The van der Waals surface area contributed by atoms with Gasteiger partial charge >= 0.3 is 5.97 Å². The van der Waals surface area contributed by atoms with Crippen LogP contribution in [0, 0.1) is 12.7 Å². The maximum absolute atomic E-state index is 13.2. The third-order valence-electron chi connectivity index (χ3n) is 3.85. The largest absolute Gasteiger partial charge is 0.478 e. The first kappa shape index (κ1) is 16.9. The van der Waals surface area contributed by atoms with Crippen LogP contribution in [0.3, 0.4) is 0 Å². The molecule has 3 rings (SSSR count). The van der Waals surface area contributed by atoms with Gasteiger partial charge in [0, 0.05) is 5.69 Å². The molecule has 1 aromatic heterocycles. The van der Waals surface area contributed by atoms with Crippen LogP contribution >= 0.6 is 0 Å². The molecule has 0 saturated heterocycles. The number of carboxylic acid groups (broad SMARTS) is 1. The molecular formula is C18H14FNO4S. The van der Waals surface area contributed by atoms with Crippen LogP contribution in [-0.4, -0.2) is 23.5 Å². The lowest BCUT2D eigenvalue weighted by Gasteiger charge is -2.13. The molecule has 1 heterocycles. The Morgan fingerprint density at radius 2 is 1.64 bits per heavy atom. The number of aromatic carboxylic acids is 1. The Bertz CT molecular complexity index is 1040. The van der Waals surface area contributed by atoms with Gasteiger partial charge in [0.1, 0.15) is 5.82 Å².